The number of hydrogen-bond acceptors (Lipinski definition) is 4. The van der Waals surface area contributed by atoms with Crippen LogP contribution < -0.4 is 15.4 Å². The summed E-state index contributed by atoms with van der Waals surface area (Å²) < 4.78 is 32.5. The first-order valence-electron chi connectivity index (χ1n) is 13.2. The van der Waals surface area contributed by atoms with Crippen molar-refractivity contribution < 1.29 is 23.1 Å². The molecule has 0 radical (unpaired) electrons. The quantitative estimate of drug-likeness (QED) is 0.296. The summed E-state index contributed by atoms with van der Waals surface area (Å²) in [6.45, 7) is 1.36. The molecule has 3 aromatic rings. The molecule has 0 bridgehead atoms. The van der Waals surface area contributed by atoms with Gasteiger partial charge in [0.25, 0.3) is 5.91 Å². The van der Waals surface area contributed by atoms with Gasteiger partial charge in [0.15, 0.2) is 12.4 Å². The van der Waals surface area contributed by atoms with Crippen LogP contribution in [0.25, 0.3) is 0 Å². The average molecular weight is 521 g/mol. The predicted octanol–water partition coefficient (Wildman–Crippen LogP) is 5.40. The first kappa shape index (κ1) is 27.5. The molecule has 2 N–H and O–H groups in total. The fourth-order valence-electron chi connectivity index (χ4n) is 5.02. The van der Waals surface area contributed by atoms with Gasteiger partial charge in [-0.3, -0.25) is 9.59 Å². The van der Waals surface area contributed by atoms with Gasteiger partial charge in [0.05, 0.1) is 6.04 Å². The fourth-order valence-corrected chi connectivity index (χ4v) is 5.02. The lowest BCUT2D eigenvalue weighted by atomic mass is 9.86. The Morgan fingerprint density at radius 3 is 2.11 bits per heavy atom. The minimum absolute atomic E-state index is 0.0203. The van der Waals surface area contributed by atoms with Gasteiger partial charge in [0.2, 0.25) is 0 Å². The molecule has 1 fully saturated rings. The van der Waals surface area contributed by atoms with E-state index in [1.54, 1.807) is 36.4 Å². The molecule has 7 heteroatoms. The number of halogens is 2. The molecule has 0 aliphatic carbocycles. The van der Waals surface area contributed by atoms with Crippen molar-refractivity contribution in [3.8, 4) is 5.75 Å². The van der Waals surface area contributed by atoms with Crippen molar-refractivity contribution in [1.29, 1.82) is 0 Å². The summed E-state index contributed by atoms with van der Waals surface area (Å²) in [5.74, 6) is -0.282. The molecule has 2 unspecified atom stereocenters. The SMILES string of the molecule is O=C(COc1ccccc1)NC(C(=O)CCCCC(c1ccc(F)cc1)c1ccc(F)cc1)C1CCNC1. The number of benzene rings is 3. The van der Waals surface area contributed by atoms with E-state index in [1.807, 2.05) is 18.2 Å². The van der Waals surface area contributed by atoms with Crippen molar-refractivity contribution in [2.45, 2.75) is 44.1 Å². The van der Waals surface area contributed by atoms with E-state index in [1.165, 1.54) is 24.3 Å². The van der Waals surface area contributed by atoms with Crippen LogP contribution in [0.5, 0.6) is 5.75 Å². The van der Waals surface area contributed by atoms with Gasteiger partial charge in [-0.15, -0.1) is 0 Å². The lowest BCUT2D eigenvalue weighted by Gasteiger charge is -2.23. The summed E-state index contributed by atoms with van der Waals surface area (Å²) in [4.78, 5) is 25.8. The predicted molar refractivity (Wildman–Crippen MR) is 143 cm³/mol. The maximum atomic E-state index is 13.5. The molecule has 0 spiro atoms. The molecule has 0 aromatic heterocycles. The molecule has 1 aliphatic heterocycles. The van der Waals surface area contributed by atoms with Crippen molar-refractivity contribution in [3.63, 3.8) is 0 Å². The van der Waals surface area contributed by atoms with E-state index < -0.39 is 6.04 Å². The number of nitrogens with one attached hydrogen (secondary N) is 2. The summed E-state index contributed by atoms with van der Waals surface area (Å²) in [6, 6.07) is 21.3. The minimum Gasteiger partial charge on any atom is -0.484 e. The number of carbonyl (C=O) groups is 2. The zero-order valence-corrected chi connectivity index (χ0v) is 21.4. The topological polar surface area (TPSA) is 67.4 Å². The second-order valence-electron chi connectivity index (χ2n) is 9.77. The zero-order chi connectivity index (χ0) is 26.7. The first-order chi connectivity index (χ1) is 18.5. The molecule has 1 aliphatic rings. The van der Waals surface area contributed by atoms with Crippen LogP contribution >= 0.6 is 0 Å². The smallest absolute Gasteiger partial charge is 0.258 e. The minimum atomic E-state index is -0.554. The van der Waals surface area contributed by atoms with Crippen molar-refractivity contribution in [2.75, 3.05) is 19.7 Å². The zero-order valence-electron chi connectivity index (χ0n) is 21.4. The van der Waals surface area contributed by atoms with Crippen LogP contribution in [0.2, 0.25) is 0 Å². The number of Topliss-reactive ketones (excluding diaryl/α,β-unsaturated/α-hetero) is 1. The Balaban J connectivity index is 1.33. The lowest BCUT2D eigenvalue weighted by molar-refractivity contribution is -0.130. The van der Waals surface area contributed by atoms with Gasteiger partial charge in [-0.1, -0.05) is 48.9 Å². The van der Waals surface area contributed by atoms with Gasteiger partial charge >= 0.3 is 0 Å². The normalized spacial score (nSPS) is 15.8. The van der Waals surface area contributed by atoms with Crippen LogP contribution in [0.15, 0.2) is 78.9 Å². The van der Waals surface area contributed by atoms with Crippen LogP contribution in [-0.4, -0.2) is 37.4 Å². The second kappa shape index (κ2) is 13.8. The molecule has 2 atom stereocenters. The summed E-state index contributed by atoms with van der Waals surface area (Å²) in [5.41, 5.74) is 1.90. The third-order valence-electron chi connectivity index (χ3n) is 7.06. The number of carbonyl (C=O) groups excluding carboxylic acids is 2. The number of ketones is 1. The largest absolute Gasteiger partial charge is 0.484 e. The summed E-state index contributed by atoms with van der Waals surface area (Å²) >= 11 is 0. The maximum Gasteiger partial charge on any atom is 0.258 e. The monoisotopic (exact) mass is 520 g/mol. The Morgan fingerprint density at radius 2 is 1.53 bits per heavy atom. The van der Waals surface area contributed by atoms with Gasteiger partial charge < -0.3 is 15.4 Å². The molecule has 4 rings (SSSR count). The molecule has 1 saturated heterocycles. The standard InChI is InChI=1S/C31H34F2N2O3/c32-25-14-10-22(11-15-25)28(23-12-16-26(33)17-13-23)8-4-5-9-29(36)31(24-18-19-34-20-24)35-30(37)21-38-27-6-2-1-3-7-27/h1-3,6-7,10-17,24,28,31,34H,4-5,8-9,18-21H2,(H,35,37). The first-order valence-corrected chi connectivity index (χ1v) is 13.2. The molecule has 3 aromatic carbocycles. The Bertz CT molecular complexity index is 1120. The third kappa shape index (κ3) is 7.96. The summed E-state index contributed by atoms with van der Waals surface area (Å²) in [5, 5.41) is 6.19. The van der Waals surface area contributed by atoms with Crippen molar-refractivity contribution in [1.82, 2.24) is 10.6 Å². The van der Waals surface area contributed by atoms with Gasteiger partial charge in [-0.25, -0.2) is 8.78 Å². The average Bonchev–Trinajstić information content (AvgIpc) is 3.47. The highest BCUT2D eigenvalue weighted by atomic mass is 19.1. The highest BCUT2D eigenvalue weighted by molar-refractivity contribution is 5.89. The molecule has 200 valence electrons. The highest BCUT2D eigenvalue weighted by Gasteiger charge is 2.31. The molecule has 0 saturated carbocycles. The van der Waals surface area contributed by atoms with E-state index in [0.29, 0.717) is 25.1 Å². The van der Waals surface area contributed by atoms with E-state index in [9.17, 15) is 18.4 Å². The highest BCUT2D eigenvalue weighted by Crippen LogP contribution is 2.30. The number of unbranched alkanes of at least 4 members (excludes halogenated alkanes) is 1. The van der Waals surface area contributed by atoms with Gasteiger partial charge in [0, 0.05) is 18.9 Å². The van der Waals surface area contributed by atoms with Gasteiger partial charge in [-0.05, 0) is 79.3 Å². The van der Waals surface area contributed by atoms with Crippen molar-refractivity contribution >= 4 is 11.7 Å². The van der Waals surface area contributed by atoms with Crippen molar-refractivity contribution in [3.05, 3.63) is 102 Å². The number of para-hydroxylation sites is 1. The lowest BCUT2D eigenvalue weighted by Crippen LogP contribution is -2.48. The maximum absolute atomic E-state index is 13.5. The van der Waals surface area contributed by atoms with Crippen LogP contribution in [0.4, 0.5) is 8.78 Å². The summed E-state index contributed by atoms with van der Waals surface area (Å²) in [7, 11) is 0. The number of rotatable bonds is 13. The van der Waals surface area contributed by atoms with Crippen LogP contribution in [0.1, 0.15) is 49.1 Å². The van der Waals surface area contributed by atoms with E-state index in [2.05, 4.69) is 10.6 Å². The van der Waals surface area contributed by atoms with Crippen LogP contribution in [-0.2, 0) is 9.59 Å². The Kier molecular flexibility index (Phi) is 9.98. The molecule has 5 nitrogen and oxygen atoms in total. The Hall–Kier alpha value is -3.58. The van der Waals surface area contributed by atoms with Gasteiger partial charge in [-0.2, -0.15) is 0 Å². The van der Waals surface area contributed by atoms with Crippen LogP contribution in [0, 0.1) is 17.6 Å². The Morgan fingerprint density at radius 1 is 0.895 bits per heavy atom. The molecular formula is C31H34F2N2O3. The van der Waals surface area contributed by atoms with Crippen molar-refractivity contribution in [2.24, 2.45) is 5.92 Å². The molecule has 38 heavy (non-hydrogen) atoms. The van der Waals surface area contributed by atoms with E-state index >= 15 is 0 Å². The Labute approximate surface area is 222 Å². The number of ether oxygens (including phenoxy) is 1. The number of amides is 1. The summed E-state index contributed by atoms with van der Waals surface area (Å²) in [6.07, 6.45) is 3.32. The van der Waals surface area contributed by atoms with Gasteiger partial charge in [0.1, 0.15) is 17.4 Å². The number of hydrogen-bond donors (Lipinski definition) is 2. The molecule has 1 heterocycles. The van der Waals surface area contributed by atoms with E-state index in [-0.39, 0.29) is 41.8 Å². The molecular weight excluding hydrogens is 486 g/mol. The second-order valence-corrected chi connectivity index (χ2v) is 9.77. The van der Waals surface area contributed by atoms with E-state index in [4.69, 9.17) is 4.74 Å². The fraction of sp³-hybridized carbons (Fsp3) is 0.355. The third-order valence-corrected chi connectivity index (χ3v) is 7.06. The van der Waals surface area contributed by atoms with E-state index in [0.717, 1.165) is 36.9 Å². The molecule has 1 amide bonds. The van der Waals surface area contributed by atoms with Crippen LogP contribution in [0.3, 0.4) is 0 Å².